The molecular weight excluding hydrogens is 336 g/mol. The molecule has 128 valence electrons. The van der Waals surface area contributed by atoms with E-state index in [1.165, 1.54) is 12.1 Å². The van der Waals surface area contributed by atoms with Crippen LogP contribution < -0.4 is 15.8 Å². The maximum atomic E-state index is 12.2. The summed E-state index contributed by atoms with van der Waals surface area (Å²) in [6.45, 7) is 1.18. The lowest BCUT2D eigenvalue weighted by atomic mass is 9.82. The first-order valence-corrected chi connectivity index (χ1v) is 9.56. The van der Waals surface area contributed by atoms with Gasteiger partial charge in [-0.25, -0.2) is 13.1 Å². The Morgan fingerprint density at radius 3 is 2.17 bits per heavy atom. The molecule has 1 aliphatic rings. The number of benzene rings is 1. The summed E-state index contributed by atoms with van der Waals surface area (Å²) in [6, 6.07) is 6.16. The third kappa shape index (κ3) is 5.67. The molecule has 0 aliphatic heterocycles. The predicted octanol–water partition coefficient (Wildman–Crippen LogP) is 1.91. The molecule has 1 fully saturated rings. The van der Waals surface area contributed by atoms with Gasteiger partial charge in [0, 0.05) is 18.1 Å². The summed E-state index contributed by atoms with van der Waals surface area (Å²) < 4.78 is 27.1. The van der Waals surface area contributed by atoms with Crippen molar-refractivity contribution in [2.45, 2.75) is 30.6 Å². The highest BCUT2D eigenvalue weighted by Gasteiger charge is 2.23. The number of halogens is 1. The summed E-state index contributed by atoms with van der Waals surface area (Å²) in [6.07, 6.45) is 4.00. The van der Waals surface area contributed by atoms with Gasteiger partial charge in [-0.2, -0.15) is 0 Å². The number of hydrogen-bond acceptors (Lipinski definition) is 3. The number of rotatable bonds is 6. The molecule has 1 aromatic rings. The fourth-order valence-electron chi connectivity index (χ4n) is 2.82. The van der Waals surface area contributed by atoms with Crippen molar-refractivity contribution in [3.63, 3.8) is 0 Å². The minimum Gasteiger partial charge on any atom is -0.370 e. The topological polar surface area (TPSA) is 108 Å². The number of nitrogens with two attached hydrogens (primary N) is 1. The van der Waals surface area contributed by atoms with Crippen molar-refractivity contribution in [1.29, 1.82) is 5.41 Å². The van der Waals surface area contributed by atoms with E-state index >= 15 is 0 Å². The van der Waals surface area contributed by atoms with E-state index in [4.69, 9.17) is 22.7 Å². The molecule has 0 radical (unpaired) electrons. The summed E-state index contributed by atoms with van der Waals surface area (Å²) >= 11 is 5.78. The van der Waals surface area contributed by atoms with E-state index in [1.807, 2.05) is 0 Å². The van der Waals surface area contributed by atoms with Crippen molar-refractivity contribution in [1.82, 2.24) is 10.0 Å². The molecule has 8 heteroatoms. The van der Waals surface area contributed by atoms with E-state index in [1.54, 1.807) is 12.1 Å². The Balaban J connectivity index is 1.78. The van der Waals surface area contributed by atoms with Crippen LogP contribution in [0.2, 0.25) is 5.02 Å². The molecule has 0 heterocycles. The average molecular weight is 359 g/mol. The molecule has 1 aliphatic carbocycles. The molecule has 0 saturated heterocycles. The standard InChI is InChI=1S/C15H23ClN4O2S/c16-13-5-7-14(8-6-13)23(21,22)20-10-12-3-1-11(2-4-12)9-19-15(17)18/h5-8,11-12,20H,1-4,9-10H2,(H4,17,18,19)/t11-,12-. The highest BCUT2D eigenvalue weighted by molar-refractivity contribution is 7.89. The fraction of sp³-hybridized carbons (Fsp3) is 0.533. The molecule has 1 saturated carbocycles. The molecule has 0 unspecified atom stereocenters. The number of nitrogens with one attached hydrogen (secondary N) is 3. The quantitative estimate of drug-likeness (QED) is 0.460. The first-order valence-electron chi connectivity index (χ1n) is 7.70. The van der Waals surface area contributed by atoms with Crippen molar-refractivity contribution in [3.8, 4) is 0 Å². The van der Waals surface area contributed by atoms with Crippen molar-refractivity contribution >= 4 is 27.6 Å². The van der Waals surface area contributed by atoms with E-state index in [0.29, 0.717) is 23.4 Å². The Morgan fingerprint density at radius 1 is 1.13 bits per heavy atom. The lowest BCUT2D eigenvalue weighted by Crippen LogP contribution is -2.37. The van der Waals surface area contributed by atoms with Crippen molar-refractivity contribution in [2.75, 3.05) is 13.1 Å². The van der Waals surface area contributed by atoms with Crippen molar-refractivity contribution in [2.24, 2.45) is 17.6 Å². The molecular formula is C15H23ClN4O2S. The second-order valence-electron chi connectivity index (χ2n) is 5.99. The minimum absolute atomic E-state index is 0.00264. The molecule has 1 aromatic carbocycles. The van der Waals surface area contributed by atoms with Gasteiger partial charge in [0.15, 0.2) is 5.96 Å². The van der Waals surface area contributed by atoms with Crippen molar-refractivity contribution < 1.29 is 8.42 Å². The monoisotopic (exact) mass is 358 g/mol. The fourth-order valence-corrected chi connectivity index (χ4v) is 4.06. The second-order valence-corrected chi connectivity index (χ2v) is 8.19. The summed E-state index contributed by atoms with van der Waals surface area (Å²) in [5.41, 5.74) is 5.28. The van der Waals surface area contributed by atoms with Crippen LogP contribution in [0.4, 0.5) is 0 Å². The maximum absolute atomic E-state index is 12.2. The van der Waals surface area contributed by atoms with Gasteiger partial charge in [-0.15, -0.1) is 0 Å². The van der Waals surface area contributed by atoms with Gasteiger partial charge in [0.2, 0.25) is 10.0 Å². The molecule has 6 nitrogen and oxygen atoms in total. The lowest BCUT2D eigenvalue weighted by molar-refractivity contribution is 0.275. The van der Waals surface area contributed by atoms with Gasteiger partial charge < -0.3 is 11.1 Å². The molecule has 0 atom stereocenters. The third-order valence-corrected chi connectivity index (χ3v) is 5.92. The summed E-state index contributed by atoms with van der Waals surface area (Å²) in [4.78, 5) is 0.237. The number of guanidine groups is 1. The molecule has 0 spiro atoms. The van der Waals surface area contributed by atoms with Crippen LogP contribution in [0.5, 0.6) is 0 Å². The van der Waals surface area contributed by atoms with E-state index in [-0.39, 0.29) is 10.9 Å². The first kappa shape index (κ1) is 18.0. The van der Waals surface area contributed by atoms with Crippen LogP contribution in [-0.4, -0.2) is 27.5 Å². The molecule has 0 bridgehead atoms. The van der Waals surface area contributed by atoms with Crippen molar-refractivity contribution in [3.05, 3.63) is 29.3 Å². The SMILES string of the molecule is N=C(N)NC[C@H]1CC[C@H](CNS(=O)(=O)c2ccc(Cl)cc2)CC1. The van der Waals surface area contributed by atoms with Gasteiger partial charge >= 0.3 is 0 Å². The zero-order valence-electron chi connectivity index (χ0n) is 12.9. The van der Waals surface area contributed by atoms with Crippen LogP contribution in [0.25, 0.3) is 0 Å². The molecule has 0 amide bonds. The maximum Gasteiger partial charge on any atom is 0.240 e. The van der Waals surface area contributed by atoms with Crippen LogP contribution in [0.15, 0.2) is 29.2 Å². The van der Waals surface area contributed by atoms with Gasteiger partial charge in [-0.1, -0.05) is 11.6 Å². The Kier molecular flexibility index (Phi) is 6.26. The molecule has 23 heavy (non-hydrogen) atoms. The van der Waals surface area contributed by atoms with Crippen LogP contribution in [-0.2, 0) is 10.0 Å². The lowest BCUT2D eigenvalue weighted by Gasteiger charge is -2.28. The summed E-state index contributed by atoms with van der Waals surface area (Å²) in [5, 5.41) is 10.5. The zero-order chi connectivity index (χ0) is 16.9. The third-order valence-electron chi connectivity index (χ3n) is 4.23. The van der Waals surface area contributed by atoms with Gasteiger partial charge in [0.05, 0.1) is 4.90 Å². The Hall–Kier alpha value is -1.31. The van der Waals surface area contributed by atoms with E-state index < -0.39 is 10.0 Å². The molecule has 2 rings (SSSR count). The van der Waals surface area contributed by atoms with Crippen LogP contribution in [0, 0.1) is 17.2 Å². The average Bonchev–Trinajstić information content (AvgIpc) is 2.52. The van der Waals surface area contributed by atoms with E-state index in [9.17, 15) is 8.42 Å². The predicted molar refractivity (Wildman–Crippen MR) is 92.0 cm³/mol. The number of hydrogen-bond donors (Lipinski definition) is 4. The highest BCUT2D eigenvalue weighted by atomic mass is 35.5. The van der Waals surface area contributed by atoms with Gasteiger partial charge in [-0.05, 0) is 61.8 Å². The van der Waals surface area contributed by atoms with E-state index in [0.717, 1.165) is 32.2 Å². The van der Waals surface area contributed by atoms with Crippen LogP contribution in [0.1, 0.15) is 25.7 Å². The Bertz CT molecular complexity index is 625. The molecule has 0 aromatic heterocycles. The van der Waals surface area contributed by atoms with Gasteiger partial charge in [0.25, 0.3) is 0 Å². The van der Waals surface area contributed by atoms with E-state index in [2.05, 4.69) is 10.0 Å². The smallest absolute Gasteiger partial charge is 0.240 e. The Morgan fingerprint density at radius 2 is 1.65 bits per heavy atom. The van der Waals surface area contributed by atoms with Gasteiger partial charge in [0.1, 0.15) is 0 Å². The second kappa shape index (κ2) is 7.99. The summed E-state index contributed by atoms with van der Waals surface area (Å²) in [7, 11) is -3.48. The molecule has 5 N–H and O–H groups in total. The van der Waals surface area contributed by atoms with Gasteiger partial charge in [-0.3, -0.25) is 5.41 Å². The zero-order valence-corrected chi connectivity index (χ0v) is 14.5. The normalized spacial score (nSPS) is 21.8. The van der Waals surface area contributed by atoms with Crippen LogP contribution in [0.3, 0.4) is 0 Å². The summed E-state index contributed by atoms with van der Waals surface area (Å²) in [5.74, 6) is 0.858. The Labute approximate surface area is 142 Å². The highest BCUT2D eigenvalue weighted by Crippen LogP contribution is 2.28. The number of sulfonamides is 1. The minimum atomic E-state index is -3.48. The first-order chi connectivity index (χ1) is 10.9. The largest absolute Gasteiger partial charge is 0.370 e. The van der Waals surface area contributed by atoms with Crippen LogP contribution >= 0.6 is 11.6 Å².